The van der Waals surface area contributed by atoms with Crippen LogP contribution in [0.1, 0.15) is 13.8 Å². The molecule has 0 aliphatic rings. The Bertz CT molecular complexity index is 315. The Morgan fingerprint density at radius 2 is 2.31 bits per heavy atom. The van der Waals surface area contributed by atoms with Crippen molar-refractivity contribution in [3.05, 3.63) is 18.3 Å². The van der Waals surface area contributed by atoms with E-state index in [1.54, 1.807) is 18.3 Å². The zero-order valence-electron chi connectivity index (χ0n) is 7.52. The number of hydrogen-bond donors (Lipinski definition) is 0. The molecule has 68 valence electrons. The van der Waals surface area contributed by atoms with Gasteiger partial charge in [-0.1, -0.05) is 0 Å². The first-order valence-electron chi connectivity index (χ1n) is 3.93. The molecule has 0 unspecified atom stereocenters. The third-order valence-corrected chi connectivity index (χ3v) is 1.34. The summed E-state index contributed by atoms with van der Waals surface area (Å²) in [7, 11) is 0. The molecular formula is C9H10N2OS. The van der Waals surface area contributed by atoms with E-state index < -0.39 is 0 Å². The highest BCUT2D eigenvalue weighted by atomic mass is 32.1. The van der Waals surface area contributed by atoms with Crippen LogP contribution in [0.5, 0.6) is 5.88 Å². The van der Waals surface area contributed by atoms with Gasteiger partial charge in [-0.3, -0.25) is 0 Å². The Labute approximate surface area is 82.5 Å². The summed E-state index contributed by atoms with van der Waals surface area (Å²) in [5.74, 6) is 0.596. The maximum absolute atomic E-state index is 5.35. The lowest BCUT2D eigenvalue weighted by Gasteiger charge is -2.07. The van der Waals surface area contributed by atoms with E-state index in [4.69, 9.17) is 4.74 Å². The molecule has 0 aliphatic carbocycles. The highest BCUT2D eigenvalue weighted by molar-refractivity contribution is 7.78. The number of thiocarbonyl (C=S) groups is 1. The van der Waals surface area contributed by atoms with Gasteiger partial charge in [0.05, 0.1) is 23.1 Å². The first kappa shape index (κ1) is 9.84. The number of aliphatic imine (C=N–C) groups is 1. The van der Waals surface area contributed by atoms with Crippen LogP contribution in [0.3, 0.4) is 0 Å². The minimum absolute atomic E-state index is 0.132. The van der Waals surface area contributed by atoms with E-state index in [1.165, 1.54) is 0 Å². The lowest BCUT2D eigenvalue weighted by molar-refractivity contribution is 0.232. The van der Waals surface area contributed by atoms with Crippen LogP contribution in [0.4, 0.5) is 5.69 Å². The number of rotatable bonds is 3. The van der Waals surface area contributed by atoms with Gasteiger partial charge in [-0.15, -0.1) is 0 Å². The van der Waals surface area contributed by atoms with Gasteiger partial charge >= 0.3 is 0 Å². The van der Waals surface area contributed by atoms with Gasteiger partial charge in [-0.25, -0.2) is 4.98 Å². The van der Waals surface area contributed by atoms with Gasteiger partial charge in [0, 0.05) is 6.07 Å². The largest absolute Gasteiger partial charge is 0.475 e. The van der Waals surface area contributed by atoms with Crippen LogP contribution >= 0.6 is 12.2 Å². The first-order chi connectivity index (χ1) is 6.22. The molecule has 4 heteroatoms. The van der Waals surface area contributed by atoms with Crippen molar-refractivity contribution in [2.24, 2.45) is 4.99 Å². The van der Waals surface area contributed by atoms with Crippen molar-refractivity contribution in [1.82, 2.24) is 4.98 Å². The van der Waals surface area contributed by atoms with Crippen molar-refractivity contribution in [3.63, 3.8) is 0 Å². The summed E-state index contributed by atoms with van der Waals surface area (Å²) in [6.07, 6.45) is 1.73. The maximum Gasteiger partial charge on any atom is 0.213 e. The number of isothiocyanates is 1. The molecule has 1 aromatic heterocycles. The van der Waals surface area contributed by atoms with Crippen LogP contribution in [-0.2, 0) is 0 Å². The molecule has 0 amide bonds. The summed E-state index contributed by atoms with van der Waals surface area (Å²) >= 11 is 4.46. The molecular weight excluding hydrogens is 184 g/mol. The van der Waals surface area contributed by atoms with Crippen LogP contribution in [-0.4, -0.2) is 16.2 Å². The molecule has 0 aliphatic heterocycles. The summed E-state index contributed by atoms with van der Waals surface area (Å²) in [4.78, 5) is 7.81. The molecule has 0 radical (unpaired) electrons. The van der Waals surface area contributed by atoms with Gasteiger partial charge < -0.3 is 4.74 Å². The monoisotopic (exact) mass is 194 g/mol. The number of hydrogen-bond acceptors (Lipinski definition) is 4. The molecule has 1 heterocycles. The summed E-state index contributed by atoms with van der Waals surface area (Å²) in [5.41, 5.74) is 0.686. The molecule has 0 saturated heterocycles. The number of ether oxygens (including phenoxy) is 1. The molecule has 0 aromatic carbocycles. The second kappa shape index (κ2) is 4.70. The van der Waals surface area contributed by atoms with Crippen molar-refractivity contribution in [1.29, 1.82) is 0 Å². The molecule has 0 fully saturated rings. The van der Waals surface area contributed by atoms with Crippen LogP contribution in [0.15, 0.2) is 23.3 Å². The fourth-order valence-corrected chi connectivity index (χ4v) is 0.908. The molecule has 3 nitrogen and oxygen atoms in total. The fourth-order valence-electron chi connectivity index (χ4n) is 0.803. The molecule has 0 spiro atoms. The van der Waals surface area contributed by atoms with Crippen molar-refractivity contribution < 1.29 is 4.74 Å². The van der Waals surface area contributed by atoms with Gasteiger partial charge in [0.1, 0.15) is 0 Å². The summed E-state index contributed by atoms with van der Waals surface area (Å²) < 4.78 is 5.35. The van der Waals surface area contributed by atoms with E-state index in [-0.39, 0.29) is 6.10 Å². The zero-order valence-corrected chi connectivity index (χ0v) is 8.34. The minimum Gasteiger partial charge on any atom is -0.475 e. The highest BCUT2D eigenvalue weighted by Gasteiger charge is 1.97. The standard InChI is InChI=1S/C9H10N2OS/c1-7(2)12-9-4-3-8(5-10-9)11-6-13/h3-5,7H,1-2H3. The molecule has 0 atom stereocenters. The van der Waals surface area contributed by atoms with E-state index >= 15 is 0 Å². The summed E-state index contributed by atoms with van der Waals surface area (Å²) in [6.45, 7) is 3.90. The smallest absolute Gasteiger partial charge is 0.213 e. The van der Waals surface area contributed by atoms with E-state index in [0.29, 0.717) is 11.6 Å². The van der Waals surface area contributed by atoms with E-state index in [2.05, 4.69) is 27.4 Å². The molecule has 0 N–H and O–H groups in total. The molecule has 1 aromatic rings. The predicted molar refractivity (Wildman–Crippen MR) is 54.7 cm³/mol. The van der Waals surface area contributed by atoms with E-state index in [1.807, 2.05) is 13.8 Å². The lowest BCUT2D eigenvalue weighted by atomic mass is 10.4. The topological polar surface area (TPSA) is 34.5 Å². The Kier molecular flexibility index (Phi) is 3.55. The van der Waals surface area contributed by atoms with Gasteiger partial charge in [0.15, 0.2) is 0 Å². The average molecular weight is 194 g/mol. The van der Waals surface area contributed by atoms with Gasteiger partial charge in [0.2, 0.25) is 5.88 Å². The van der Waals surface area contributed by atoms with Crippen molar-refractivity contribution in [2.75, 3.05) is 0 Å². The Balaban J connectivity index is 2.75. The molecule has 13 heavy (non-hydrogen) atoms. The van der Waals surface area contributed by atoms with Crippen molar-refractivity contribution >= 4 is 23.1 Å². The molecule has 0 bridgehead atoms. The number of nitrogens with zero attached hydrogens (tertiary/aromatic N) is 2. The van der Waals surface area contributed by atoms with Crippen molar-refractivity contribution in [3.8, 4) is 5.88 Å². The van der Waals surface area contributed by atoms with Crippen molar-refractivity contribution in [2.45, 2.75) is 20.0 Å². The second-order valence-electron chi connectivity index (χ2n) is 2.72. The Morgan fingerprint density at radius 3 is 2.77 bits per heavy atom. The summed E-state index contributed by atoms with van der Waals surface area (Å²) in [5, 5.41) is 2.27. The highest BCUT2D eigenvalue weighted by Crippen LogP contribution is 2.14. The Hall–Kier alpha value is -1.25. The second-order valence-corrected chi connectivity index (χ2v) is 2.91. The molecule has 1 rings (SSSR count). The van der Waals surface area contributed by atoms with E-state index in [0.717, 1.165) is 0 Å². The predicted octanol–water partition coefficient (Wildman–Crippen LogP) is 2.60. The SMILES string of the molecule is CC(C)Oc1ccc(N=C=S)cn1. The summed E-state index contributed by atoms with van der Waals surface area (Å²) in [6, 6.07) is 3.54. The van der Waals surface area contributed by atoms with Gasteiger partial charge in [-0.2, -0.15) is 4.99 Å². The van der Waals surface area contributed by atoms with E-state index in [9.17, 15) is 0 Å². The van der Waals surface area contributed by atoms with Crippen LogP contribution < -0.4 is 4.74 Å². The third kappa shape index (κ3) is 3.32. The normalized spacial score (nSPS) is 9.46. The van der Waals surface area contributed by atoms with Crippen LogP contribution in [0.2, 0.25) is 0 Å². The maximum atomic E-state index is 5.35. The molecule has 0 saturated carbocycles. The van der Waals surface area contributed by atoms with Crippen LogP contribution in [0.25, 0.3) is 0 Å². The minimum atomic E-state index is 0.132. The number of pyridine rings is 1. The lowest BCUT2D eigenvalue weighted by Crippen LogP contribution is -2.06. The average Bonchev–Trinajstić information content (AvgIpc) is 2.08. The Morgan fingerprint density at radius 1 is 1.54 bits per heavy atom. The van der Waals surface area contributed by atoms with Gasteiger partial charge in [-0.05, 0) is 32.1 Å². The third-order valence-electron chi connectivity index (χ3n) is 1.25. The first-order valence-corrected chi connectivity index (χ1v) is 4.34. The zero-order chi connectivity index (χ0) is 9.68. The van der Waals surface area contributed by atoms with Gasteiger partial charge in [0.25, 0.3) is 0 Å². The number of aromatic nitrogens is 1. The quantitative estimate of drug-likeness (QED) is 0.548. The van der Waals surface area contributed by atoms with Crippen LogP contribution in [0, 0.1) is 0 Å². The fraction of sp³-hybridized carbons (Fsp3) is 0.333.